The van der Waals surface area contributed by atoms with Crippen LogP contribution in [-0.2, 0) is 16.6 Å². The van der Waals surface area contributed by atoms with E-state index < -0.39 is 0 Å². The Kier molecular flexibility index (Phi) is 3.42. The molecular formula is C13H17N3O3. The normalized spacial score (nSPS) is 11.6. The van der Waals surface area contributed by atoms with E-state index in [1.54, 1.807) is 19.1 Å². The molecule has 19 heavy (non-hydrogen) atoms. The van der Waals surface area contributed by atoms with Crippen molar-refractivity contribution in [3.63, 3.8) is 0 Å². The molecule has 0 saturated heterocycles. The molecule has 0 atom stereocenters. The van der Waals surface area contributed by atoms with Gasteiger partial charge in [0.2, 0.25) is 5.91 Å². The lowest BCUT2D eigenvalue weighted by atomic mass is 9.93. The average Bonchev–Trinajstić information content (AvgIpc) is 2.87. The van der Waals surface area contributed by atoms with Crippen LogP contribution in [0.1, 0.15) is 38.0 Å². The summed E-state index contributed by atoms with van der Waals surface area (Å²) in [5, 5.41) is 10.2. The van der Waals surface area contributed by atoms with Crippen molar-refractivity contribution in [1.29, 1.82) is 0 Å². The summed E-state index contributed by atoms with van der Waals surface area (Å²) in [6.45, 7) is 7.83. The molecular weight excluding hydrogens is 246 g/mol. The van der Waals surface area contributed by atoms with E-state index >= 15 is 0 Å². The predicted octanol–water partition coefficient (Wildman–Crippen LogP) is 2.45. The molecule has 1 amide bonds. The SMILES string of the molecule is Cc1cc(CC(=O)Nc2cc(C(C)(C)C)on2)on1. The van der Waals surface area contributed by atoms with Gasteiger partial charge in [-0.1, -0.05) is 31.1 Å². The zero-order valence-corrected chi connectivity index (χ0v) is 11.5. The lowest BCUT2D eigenvalue weighted by Gasteiger charge is -2.11. The molecule has 2 aromatic heterocycles. The smallest absolute Gasteiger partial charge is 0.233 e. The van der Waals surface area contributed by atoms with Gasteiger partial charge in [0.15, 0.2) is 5.82 Å². The van der Waals surface area contributed by atoms with Crippen molar-refractivity contribution in [2.45, 2.75) is 39.5 Å². The standard InChI is InChI=1S/C13H17N3O3/c1-8-5-9(18-15-8)6-12(17)14-11-7-10(19-16-11)13(2,3)4/h5,7H,6H2,1-4H3,(H,14,16,17). The minimum atomic E-state index is -0.218. The maximum atomic E-state index is 11.8. The zero-order valence-electron chi connectivity index (χ0n) is 11.5. The fourth-order valence-electron chi connectivity index (χ4n) is 1.53. The monoisotopic (exact) mass is 263 g/mol. The van der Waals surface area contributed by atoms with E-state index in [4.69, 9.17) is 9.05 Å². The first kappa shape index (κ1) is 13.3. The molecule has 0 bridgehead atoms. The van der Waals surface area contributed by atoms with Crippen LogP contribution in [0, 0.1) is 6.92 Å². The van der Waals surface area contributed by atoms with Gasteiger partial charge in [0.1, 0.15) is 11.5 Å². The molecule has 6 heteroatoms. The van der Waals surface area contributed by atoms with Crippen molar-refractivity contribution in [3.05, 3.63) is 29.3 Å². The van der Waals surface area contributed by atoms with Crippen molar-refractivity contribution in [3.8, 4) is 0 Å². The first-order chi connectivity index (χ1) is 8.84. The van der Waals surface area contributed by atoms with Crippen LogP contribution in [0.3, 0.4) is 0 Å². The zero-order chi connectivity index (χ0) is 14.0. The second-order valence-corrected chi connectivity index (χ2v) is 5.49. The number of hydrogen-bond donors (Lipinski definition) is 1. The van der Waals surface area contributed by atoms with Gasteiger partial charge in [-0.15, -0.1) is 0 Å². The molecule has 2 aromatic rings. The van der Waals surface area contributed by atoms with Gasteiger partial charge in [0.05, 0.1) is 12.1 Å². The summed E-state index contributed by atoms with van der Waals surface area (Å²) in [5.41, 5.74) is 0.608. The highest BCUT2D eigenvalue weighted by molar-refractivity contribution is 5.90. The van der Waals surface area contributed by atoms with E-state index in [2.05, 4.69) is 15.6 Å². The molecule has 0 aliphatic rings. The van der Waals surface area contributed by atoms with Crippen LogP contribution in [0.4, 0.5) is 5.82 Å². The molecule has 0 radical (unpaired) electrons. The summed E-state index contributed by atoms with van der Waals surface area (Å²) in [4.78, 5) is 11.8. The summed E-state index contributed by atoms with van der Waals surface area (Å²) in [7, 11) is 0. The molecule has 0 unspecified atom stereocenters. The average molecular weight is 263 g/mol. The molecule has 2 rings (SSSR count). The largest absolute Gasteiger partial charge is 0.361 e. The summed E-state index contributed by atoms with van der Waals surface area (Å²) in [6, 6.07) is 3.45. The molecule has 102 valence electrons. The van der Waals surface area contributed by atoms with Crippen LogP contribution in [0.15, 0.2) is 21.2 Å². The van der Waals surface area contributed by atoms with Crippen molar-refractivity contribution < 1.29 is 13.8 Å². The van der Waals surface area contributed by atoms with Crippen molar-refractivity contribution in [2.75, 3.05) is 5.32 Å². The maximum absolute atomic E-state index is 11.8. The highest BCUT2D eigenvalue weighted by Crippen LogP contribution is 2.24. The van der Waals surface area contributed by atoms with E-state index in [1.807, 2.05) is 20.8 Å². The van der Waals surface area contributed by atoms with Crippen LogP contribution in [0.25, 0.3) is 0 Å². The van der Waals surface area contributed by atoms with Gasteiger partial charge in [-0.25, -0.2) is 0 Å². The summed E-state index contributed by atoms with van der Waals surface area (Å²) >= 11 is 0. The fraction of sp³-hybridized carbons (Fsp3) is 0.462. The van der Waals surface area contributed by atoms with Crippen molar-refractivity contribution >= 4 is 11.7 Å². The van der Waals surface area contributed by atoms with Crippen LogP contribution in [-0.4, -0.2) is 16.2 Å². The third kappa shape index (κ3) is 3.43. The Morgan fingerprint density at radius 1 is 1.26 bits per heavy atom. The highest BCUT2D eigenvalue weighted by atomic mass is 16.5. The number of nitrogens with one attached hydrogen (secondary N) is 1. The van der Waals surface area contributed by atoms with E-state index in [-0.39, 0.29) is 17.7 Å². The second kappa shape index (κ2) is 4.87. The van der Waals surface area contributed by atoms with Crippen LogP contribution in [0.2, 0.25) is 0 Å². The van der Waals surface area contributed by atoms with Gasteiger partial charge in [-0.3, -0.25) is 4.79 Å². The number of carbonyl (C=O) groups is 1. The molecule has 0 aromatic carbocycles. The number of anilines is 1. The molecule has 1 N–H and O–H groups in total. The molecule has 0 fully saturated rings. The second-order valence-electron chi connectivity index (χ2n) is 5.49. The molecule has 6 nitrogen and oxygen atoms in total. The fourth-order valence-corrected chi connectivity index (χ4v) is 1.53. The lowest BCUT2D eigenvalue weighted by molar-refractivity contribution is -0.115. The van der Waals surface area contributed by atoms with Crippen LogP contribution in [0.5, 0.6) is 0 Å². The van der Waals surface area contributed by atoms with Gasteiger partial charge >= 0.3 is 0 Å². The topological polar surface area (TPSA) is 81.2 Å². The molecule has 0 aliphatic heterocycles. The number of rotatable bonds is 3. The maximum Gasteiger partial charge on any atom is 0.233 e. The minimum absolute atomic E-state index is 0.124. The number of aromatic nitrogens is 2. The van der Waals surface area contributed by atoms with Crippen molar-refractivity contribution in [1.82, 2.24) is 10.3 Å². The van der Waals surface area contributed by atoms with Crippen LogP contribution >= 0.6 is 0 Å². The first-order valence-corrected chi connectivity index (χ1v) is 6.04. The Morgan fingerprint density at radius 2 is 2.00 bits per heavy atom. The minimum Gasteiger partial charge on any atom is -0.361 e. The Bertz CT molecular complexity index is 578. The van der Waals surface area contributed by atoms with E-state index in [0.717, 1.165) is 11.5 Å². The van der Waals surface area contributed by atoms with Crippen molar-refractivity contribution in [2.24, 2.45) is 0 Å². The quantitative estimate of drug-likeness (QED) is 0.919. The van der Waals surface area contributed by atoms with Gasteiger partial charge in [0, 0.05) is 17.5 Å². The lowest BCUT2D eigenvalue weighted by Crippen LogP contribution is -2.14. The summed E-state index contributed by atoms with van der Waals surface area (Å²) < 4.78 is 10.2. The number of nitrogens with zero attached hydrogens (tertiary/aromatic N) is 2. The summed E-state index contributed by atoms with van der Waals surface area (Å²) in [5.74, 6) is 1.43. The highest BCUT2D eigenvalue weighted by Gasteiger charge is 2.20. The van der Waals surface area contributed by atoms with E-state index in [9.17, 15) is 4.79 Å². The Balaban J connectivity index is 1.97. The van der Waals surface area contributed by atoms with Crippen LogP contribution < -0.4 is 5.32 Å². The van der Waals surface area contributed by atoms with Gasteiger partial charge in [-0.05, 0) is 6.92 Å². The Morgan fingerprint density at radius 3 is 2.53 bits per heavy atom. The first-order valence-electron chi connectivity index (χ1n) is 6.04. The molecule has 2 heterocycles. The molecule has 0 saturated carbocycles. The third-order valence-corrected chi connectivity index (χ3v) is 2.53. The number of aryl methyl sites for hydroxylation is 1. The van der Waals surface area contributed by atoms with E-state index in [1.165, 1.54) is 0 Å². The summed E-state index contributed by atoms with van der Waals surface area (Å²) in [6.07, 6.45) is 0.124. The Hall–Kier alpha value is -2.11. The molecule has 0 aliphatic carbocycles. The van der Waals surface area contributed by atoms with Gasteiger partial charge < -0.3 is 14.4 Å². The third-order valence-electron chi connectivity index (χ3n) is 2.53. The Labute approximate surface area is 111 Å². The van der Waals surface area contributed by atoms with Gasteiger partial charge in [0.25, 0.3) is 0 Å². The number of carbonyl (C=O) groups excluding carboxylic acids is 1. The predicted molar refractivity (Wildman–Crippen MR) is 68.8 cm³/mol. The van der Waals surface area contributed by atoms with E-state index in [0.29, 0.717) is 11.6 Å². The van der Waals surface area contributed by atoms with Gasteiger partial charge in [-0.2, -0.15) is 0 Å². The number of hydrogen-bond acceptors (Lipinski definition) is 5. The number of amides is 1. The molecule has 0 spiro atoms.